The van der Waals surface area contributed by atoms with Gasteiger partial charge in [-0.2, -0.15) is 0 Å². The van der Waals surface area contributed by atoms with Crippen LogP contribution >= 0.6 is 0 Å². The molecule has 2 rings (SSSR count). The lowest BCUT2D eigenvalue weighted by Crippen LogP contribution is -2.27. The van der Waals surface area contributed by atoms with Gasteiger partial charge in [-0.1, -0.05) is 11.1 Å². The van der Waals surface area contributed by atoms with E-state index in [4.69, 9.17) is 0 Å². The predicted molar refractivity (Wildman–Crippen MR) is 57.9 cm³/mol. The van der Waals surface area contributed by atoms with Crippen molar-refractivity contribution in [3.8, 4) is 0 Å². The van der Waals surface area contributed by atoms with Crippen LogP contribution in [-0.4, -0.2) is 37.3 Å². The zero-order chi connectivity index (χ0) is 12.3. The summed E-state index contributed by atoms with van der Waals surface area (Å²) in [5.41, 5.74) is 1.41. The van der Waals surface area contributed by atoms with Crippen molar-refractivity contribution in [1.29, 1.82) is 0 Å². The van der Waals surface area contributed by atoms with Gasteiger partial charge in [-0.3, -0.25) is 9.00 Å². The fourth-order valence-corrected chi connectivity index (χ4v) is 1.54. The molecule has 0 spiro atoms. The van der Waals surface area contributed by atoms with Gasteiger partial charge in [-0.05, 0) is 28.5 Å². The first-order chi connectivity index (χ1) is 8.16. The molecule has 0 aliphatic heterocycles. The fourth-order valence-electron chi connectivity index (χ4n) is 1.27. The lowest BCUT2D eigenvalue weighted by Gasteiger charge is -2.06. The SMILES string of the molecule is O=C(NCCS(=O)[O-])c1ccc2nonc2c1. The first kappa shape index (κ1) is 11.7. The maximum atomic E-state index is 11.6. The second-order valence-electron chi connectivity index (χ2n) is 3.23. The minimum atomic E-state index is -2.16. The average molecular weight is 254 g/mol. The first-order valence-electron chi connectivity index (χ1n) is 4.73. The molecule has 17 heavy (non-hydrogen) atoms. The highest BCUT2D eigenvalue weighted by molar-refractivity contribution is 7.79. The largest absolute Gasteiger partial charge is 0.772 e. The van der Waals surface area contributed by atoms with Gasteiger partial charge in [0.2, 0.25) is 0 Å². The minimum absolute atomic E-state index is 0.0735. The molecule has 0 bridgehead atoms. The van der Waals surface area contributed by atoms with Crippen LogP contribution < -0.4 is 5.32 Å². The molecule has 0 fully saturated rings. The van der Waals surface area contributed by atoms with Crippen LogP contribution in [0.1, 0.15) is 10.4 Å². The summed E-state index contributed by atoms with van der Waals surface area (Å²) in [4.78, 5) is 11.6. The second-order valence-corrected chi connectivity index (χ2v) is 4.25. The van der Waals surface area contributed by atoms with E-state index in [1.807, 2.05) is 0 Å². The summed E-state index contributed by atoms with van der Waals surface area (Å²) in [5, 5.41) is 9.69. The van der Waals surface area contributed by atoms with Crippen molar-refractivity contribution in [1.82, 2.24) is 15.6 Å². The van der Waals surface area contributed by atoms with Gasteiger partial charge in [-0.15, -0.1) is 0 Å². The Hall–Kier alpha value is -1.80. The Morgan fingerprint density at radius 2 is 2.18 bits per heavy atom. The van der Waals surface area contributed by atoms with Gasteiger partial charge in [0.25, 0.3) is 5.91 Å². The first-order valence-corrected chi connectivity index (χ1v) is 5.97. The molecule has 1 atom stereocenters. The predicted octanol–water partition coefficient (Wildman–Crippen LogP) is -0.168. The summed E-state index contributed by atoms with van der Waals surface area (Å²) in [7, 11) is 0. The van der Waals surface area contributed by atoms with Gasteiger partial charge in [0, 0.05) is 17.9 Å². The number of benzene rings is 1. The van der Waals surface area contributed by atoms with Gasteiger partial charge >= 0.3 is 0 Å². The molecule has 1 aromatic heterocycles. The Morgan fingerprint density at radius 1 is 1.41 bits per heavy atom. The summed E-state index contributed by atoms with van der Waals surface area (Å²) in [6.07, 6.45) is 0. The molecule has 1 unspecified atom stereocenters. The zero-order valence-corrected chi connectivity index (χ0v) is 9.40. The topological polar surface area (TPSA) is 108 Å². The number of rotatable bonds is 4. The van der Waals surface area contributed by atoms with Crippen molar-refractivity contribution in [2.24, 2.45) is 0 Å². The van der Waals surface area contributed by atoms with Crippen molar-refractivity contribution in [2.75, 3.05) is 12.3 Å². The van der Waals surface area contributed by atoms with Crippen LogP contribution in [0.4, 0.5) is 0 Å². The van der Waals surface area contributed by atoms with Crippen molar-refractivity contribution < 1.29 is 18.2 Å². The van der Waals surface area contributed by atoms with E-state index in [1.54, 1.807) is 12.1 Å². The summed E-state index contributed by atoms with van der Waals surface area (Å²) >= 11 is -2.16. The molecule has 0 aliphatic rings. The van der Waals surface area contributed by atoms with Gasteiger partial charge in [-0.25, -0.2) is 4.63 Å². The third kappa shape index (κ3) is 2.86. The van der Waals surface area contributed by atoms with Crippen LogP contribution in [0.15, 0.2) is 22.8 Å². The van der Waals surface area contributed by atoms with E-state index in [9.17, 15) is 13.6 Å². The van der Waals surface area contributed by atoms with Crippen molar-refractivity contribution in [2.45, 2.75) is 0 Å². The third-order valence-electron chi connectivity index (χ3n) is 2.07. The molecule has 2 aromatic rings. The highest BCUT2D eigenvalue weighted by atomic mass is 32.2. The van der Waals surface area contributed by atoms with Crippen LogP contribution in [0.2, 0.25) is 0 Å². The Bertz CT molecular complexity index is 568. The standard InChI is InChI=1S/C9H9N3O4S/c13-9(10-3-4-17(14)15)6-1-2-7-8(5-6)12-16-11-7/h1-2,5H,3-4H2,(H,10,13)(H,14,15)/p-1. The van der Waals surface area contributed by atoms with Gasteiger partial charge in [0.05, 0.1) is 0 Å². The molecule has 8 heteroatoms. The zero-order valence-electron chi connectivity index (χ0n) is 8.58. The minimum Gasteiger partial charge on any atom is -0.772 e. The lowest BCUT2D eigenvalue weighted by atomic mass is 10.2. The molecule has 0 saturated carbocycles. The summed E-state index contributed by atoms with van der Waals surface area (Å²) in [6.45, 7) is 0.0735. The van der Waals surface area contributed by atoms with Crippen LogP contribution in [0.3, 0.4) is 0 Å². The number of hydrogen-bond acceptors (Lipinski definition) is 6. The van der Waals surface area contributed by atoms with E-state index in [0.29, 0.717) is 16.6 Å². The molecule has 7 nitrogen and oxygen atoms in total. The highest BCUT2D eigenvalue weighted by Gasteiger charge is 2.07. The van der Waals surface area contributed by atoms with Crippen LogP contribution in [0.5, 0.6) is 0 Å². The molecule has 0 radical (unpaired) electrons. The van der Waals surface area contributed by atoms with Crippen molar-refractivity contribution in [3.63, 3.8) is 0 Å². The summed E-state index contributed by atoms with van der Waals surface area (Å²) in [5.74, 6) is -0.472. The van der Waals surface area contributed by atoms with E-state index in [2.05, 4.69) is 20.3 Å². The van der Waals surface area contributed by atoms with Crippen molar-refractivity contribution in [3.05, 3.63) is 23.8 Å². The molecular formula is C9H8N3O4S-. The molecule has 1 aromatic carbocycles. The van der Waals surface area contributed by atoms with Gasteiger partial charge < -0.3 is 9.87 Å². The average Bonchev–Trinajstić information content (AvgIpc) is 2.75. The number of carbonyl (C=O) groups is 1. The van der Waals surface area contributed by atoms with Gasteiger partial charge in [0.15, 0.2) is 0 Å². The van der Waals surface area contributed by atoms with Crippen LogP contribution in [-0.2, 0) is 11.1 Å². The highest BCUT2D eigenvalue weighted by Crippen LogP contribution is 2.11. The van der Waals surface area contributed by atoms with Gasteiger partial charge in [0.1, 0.15) is 11.0 Å². The Morgan fingerprint density at radius 3 is 2.94 bits per heavy atom. The number of fused-ring (bicyclic) bond motifs is 1. The number of hydrogen-bond donors (Lipinski definition) is 1. The molecule has 1 N–H and O–H groups in total. The quantitative estimate of drug-likeness (QED) is 0.759. The normalized spacial score (nSPS) is 12.5. The van der Waals surface area contributed by atoms with E-state index in [-0.39, 0.29) is 18.2 Å². The summed E-state index contributed by atoms with van der Waals surface area (Å²) < 4.78 is 25.0. The molecule has 0 aliphatic carbocycles. The van der Waals surface area contributed by atoms with E-state index in [1.165, 1.54) is 6.07 Å². The number of amides is 1. The van der Waals surface area contributed by atoms with Crippen LogP contribution in [0, 0.1) is 0 Å². The van der Waals surface area contributed by atoms with E-state index < -0.39 is 11.1 Å². The maximum absolute atomic E-state index is 11.6. The fraction of sp³-hybridized carbons (Fsp3) is 0.222. The molecule has 1 heterocycles. The Kier molecular flexibility index (Phi) is 3.45. The summed E-state index contributed by atoms with van der Waals surface area (Å²) in [6, 6.07) is 4.69. The molecule has 0 saturated heterocycles. The van der Waals surface area contributed by atoms with E-state index >= 15 is 0 Å². The molecule has 1 amide bonds. The number of carbonyl (C=O) groups excluding carboxylic acids is 1. The monoisotopic (exact) mass is 254 g/mol. The smallest absolute Gasteiger partial charge is 0.251 e. The Balaban J connectivity index is 2.05. The van der Waals surface area contributed by atoms with Crippen molar-refractivity contribution >= 4 is 28.0 Å². The number of aromatic nitrogens is 2. The number of nitrogens with one attached hydrogen (secondary N) is 1. The third-order valence-corrected chi connectivity index (χ3v) is 2.61. The number of nitrogens with zero attached hydrogens (tertiary/aromatic N) is 2. The second kappa shape index (κ2) is 5.02. The Labute approximate surface area is 98.4 Å². The van der Waals surface area contributed by atoms with Crippen LogP contribution in [0.25, 0.3) is 11.0 Å². The lowest BCUT2D eigenvalue weighted by molar-refractivity contribution is 0.0956. The maximum Gasteiger partial charge on any atom is 0.251 e. The van der Waals surface area contributed by atoms with E-state index in [0.717, 1.165) is 0 Å². The molecular weight excluding hydrogens is 246 g/mol. The molecule has 90 valence electrons.